The third-order valence-electron chi connectivity index (χ3n) is 6.21. The SMILES string of the molecule is O=C(c1ccc(F)c(F)c1)N1C[C@@H](C(=O)N2CCOCC2)C2(CCOCC2)C1. The van der Waals surface area contributed by atoms with Crippen LogP contribution in [0.4, 0.5) is 8.78 Å². The van der Waals surface area contributed by atoms with Gasteiger partial charge in [-0.2, -0.15) is 0 Å². The molecule has 3 fully saturated rings. The van der Waals surface area contributed by atoms with Crippen LogP contribution in [0, 0.1) is 23.0 Å². The van der Waals surface area contributed by atoms with Gasteiger partial charge in [0.05, 0.1) is 19.1 Å². The summed E-state index contributed by atoms with van der Waals surface area (Å²) in [6, 6.07) is 3.17. The van der Waals surface area contributed by atoms with Gasteiger partial charge < -0.3 is 19.3 Å². The number of amides is 2. The van der Waals surface area contributed by atoms with E-state index in [0.29, 0.717) is 58.9 Å². The largest absolute Gasteiger partial charge is 0.381 e. The van der Waals surface area contributed by atoms with Crippen molar-refractivity contribution < 1.29 is 27.8 Å². The van der Waals surface area contributed by atoms with Crippen molar-refractivity contribution in [1.82, 2.24) is 9.80 Å². The van der Waals surface area contributed by atoms with Gasteiger partial charge in [-0.1, -0.05) is 0 Å². The van der Waals surface area contributed by atoms with Crippen LogP contribution in [0.5, 0.6) is 0 Å². The minimum absolute atomic E-state index is 0.0470. The predicted octanol–water partition coefficient (Wildman–Crippen LogP) is 1.69. The predicted molar refractivity (Wildman–Crippen MR) is 95.6 cm³/mol. The fourth-order valence-electron chi connectivity index (χ4n) is 4.56. The normalized spacial score (nSPS) is 24.6. The Hall–Kier alpha value is -2.06. The lowest BCUT2D eigenvalue weighted by atomic mass is 9.71. The van der Waals surface area contributed by atoms with Gasteiger partial charge in [-0.25, -0.2) is 8.78 Å². The number of hydrogen-bond acceptors (Lipinski definition) is 4. The third-order valence-corrected chi connectivity index (χ3v) is 6.21. The molecule has 0 radical (unpaired) electrons. The molecule has 1 atom stereocenters. The van der Waals surface area contributed by atoms with E-state index in [0.717, 1.165) is 12.1 Å². The molecule has 0 bridgehead atoms. The number of likely N-dealkylation sites (tertiary alicyclic amines) is 1. The lowest BCUT2D eigenvalue weighted by Crippen LogP contribution is -2.49. The van der Waals surface area contributed by atoms with E-state index in [1.54, 1.807) is 4.90 Å². The molecule has 0 N–H and O–H groups in total. The van der Waals surface area contributed by atoms with Crippen LogP contribution >= 0.6 is 0 Å². The molecule has 4 rings (SSSR count). The van der Waals surface area contributed by atoms with Crippen molar-refractivity contribution in [3.63, 3.8) is 0 Å². The molecular weight excluding hydrogens is 370 g/mol. The van der Waals surface area contributed by atoms with Crippen molar-refractivity contribution in [2.24, 2.45) is 11.3 Å². The third kappa shape index (κ3) is 3.51. The van der Waals surface area contributed by atoms with Gasteiger partial charge in [-0.05, 0) is 31.0 Å². The van der Waals surface area contributed by atoms with E-state index in [9.17, 15) is 18.4 Å². The minimum Gasteiger partial charge on any atom is -0.381 e. The Bertz CT molecular complexity index is 761. The van der Waals surface area contributed by atoms with Gasteiger partial charge in [0, 0.05) is 50.4 Å². The van der Waals surface area contributed by atoms with Crippen molar-refractivity contribution in [3.05, 3.63) is 35.4 Å². The summed E-state index contributed by atoms with van der Waals surface area (Å²) in [5, 5.41) is 0. The monoisotopic (exact) mass is 394 g/mol. The highest BCUT2D eigenvalue weighted by Gasteiger charge is 2.52. The molecule has 3 heterocycles. The molecule has 2 amide bonds. The standard InChI is InChI=1S/C20H24F2N2O4/c21-16-2-1-14(11-17(16)22)18(25)24-12-15(19(26)23-5-9-28-10-6-23)20(13-24)3-7-27-8-4-20/h1-2,11,15H,3-10,12-13H2/t15-/m0/s1. The van der Waals surface area contributed by atoms with Gasteiger partial charge in [0.2, 0.25) is 5.91 Å². The summed E-state index contributed by atoms with van der Waals surface area (Å²) < 4.78 is 37.7. The maximum Gasteiger partial charge on any atom is 0.254 e. The number of benzene rings is 1. The molecule has 28 heavy (non-hydrogen) atoms. The molecule has 8 heteroatoms. The topological polar surface area (TPSA) is 59.1 Å². The van der Waals surface area contributed by atoms with Gasteiger partial charge in [0.15, 0.2) is 11.6 Å². The van der Waals surface area contributed by atoms with Crippen LogP contribution in [0.15, 0.2) is 18.2 Å². The number of rotatable bonds is 2. The average Bonchev–Trinajstić information content (AvgIpc) is 3.08. The lowest BCUT2D eigenvalue weighted by molar-refractivity contribution is -0.144. The molecule has 6 nitrogen and oxygen atoms in total. The molecule has 152 valence electrons. The number of carbonyl (C=O) groups is 2. The highest BCUT2D eigenvalue weighted by molar-refractivity contribution is 5.95. The van der Waals surface area contributed by atoms with Crippen LogP contribution in [0.3, 0.4) is 0 Å². The lowest BCUT2D eigenvalue weighted by Gasteiger charge is -2.39. The van der Waals surface area contributed by atoms with Gasteiger partial charge >= 0.3 is 0 Å². The molecule has 1 aromatic carbocycles. The van der Waals surface area contributed by atoms with Gasteiger partial charge in [-0.15, -0.1) is 0 Å². The Labute approximate surface area is 162 Å². The Morgan fingerprint density at radius 1 is 0.964 bits per heavy atom. The maximum atomic E-state index is 13.6. The van der Waals surface area contributed by atoms with Crippen molar-refractivity contribution >= 4 is 11.8 Å². The van der Waals surface area contributed by atoms with E-state index in [-0.39, 0.29) is 35.3 Å². The van der Waals surface area contributed by atoms with E-state index in [2.05, 4.69) is 0 Å². The van der Waals surface area contributed by atoms with E-state index < -0.39 is 11.6 Å². The Morgan fingerprint density at radius 2 is 1.64 bits per heavy atom. The van der Waals surface area contributed by atoms with Crippen LogP contribution < -0.4 is 0 Å². The second-order valence-electron chi connectivity index (χ2n) is 7.78. The first-order valence-corrected chi connectivity index (χ1v) is 9.69. The summed E-state index contributed by atoms with van der Waals surface area (Å²) >= 11 is 0. The zero-order valence-electron chi connectivity index (χ0n) is 15.7. The smallest absolute Gasteiger partial charge is 0.254 e. The van der Waals surface area contributed by atoms with Gasteiger partial charge in [-0.3, -0.25) is 9.59 Å². The molecule has 3 aliphatic rings. The molecule has 0 aromatic heterocycles. The van der Waals surface area contributed by atoms with Crippen LogP contribution in [0.25, 0.3) is 0 Å². The van der Waals surface area contributed by atoms with Crippen LogP contribution in [-0.4, -0.2) is 74.2 Å². The average molecular weight is 394 g/mol. The molecule has 3 aliphatic heterocycles. The first-order chi connectivity index (χ1) is 13.5. The second kappa shape index (κ2) is 7.75. The summed E-state index contributed by atoms with van der Waals surface area (Å²) in [6.45, 7) is 3.97. The van der Waals surface area contributed by atoms with Crippen LogP contribution in [0.1, 0.15) is 23.2 Å². The van der Waals surface area contributed by atoms with Crippen molar-refractivity contribution in [2.75, 3.05) is 52.6 Å². The first kappa shape index (κ1) is 19.3. The number of halogens is 2. The second-order valence-corrected chi connectivity index (χ2v) is 7.78. The van der Waals surface area contributed by atoms with Crippen LogP contribution in [0.2, 0.25) is 0 Å². The number of nitrogens with zero attached hydrogens (tertiary/aromatic N) is 2. The molecule has 0 unspecified atom stereocenters. The number of morpholine rings is 1. The quantitative estimate of drug-likeness (QED) is 0.766. The molecule has 1 spiro atoms. The number of ether oxygens (including phenoxy) is 2. The van der Waals surface area contributed by atoms with E-state index in [4.69, 9.17) is 9.47 Å². The zero-order chi connectivity index (χ0) is 19.7. The van der Waals surface area contributed by atoms with Crippen molar-refractivity contribution in [2.45, 2.75) is 12.8 Å². The summed E-state index contributed by atoms with van der Waals surface area (Å²) in [7, 11) is 0. The van der Waals surface area contributed by atoms with Gasteiger partial charge in [0.1, 0.15) is 0 Å². The molecular formula is C20H24F2N2O4. The summed E-state index contributed by atoms with van der Waals surface area (Å²) in [6.07, 6.45) is 1.41. The van der Waals surface area contributed by atoms with Crippen LogP contribution in [-0.2, 0) is 14.3 Å². The molecule has 0 aliphatic carbocycles. The highest BCUT2D eigenvalue weighted by atomic mass is 19.2. The zero-order valence-corrected chi connectivity index (χ0v) is 15.7. The number of hydrogen-bond donors (Lipinski definition) is 0. The number of carbonyl (C=O) groups excluding carboxylic acids is 2. The Morgan fingerprint density at radius 3 is 2.32 bits per heavy atom. The van der Waals surface area contributed by atoms with E-state index >= 15 is 0 Å². The minimum atomic E-state index is -1.05. The van der Waals surface area contributed by atoms with Gasteiger partial charge in [0.25, 0.3) is 5.91 Å². The molecule has 0 saturated carbocycles. The molecule has 1 aromatic rings. The van der Waals surface area contributed by atoms with Crippen molar-refractivity contribution in [3.8, 4) is 0 Å². The van der Waals surface area contributed by atoms with E-state index in [1.165, 1.54) is 6.07 Å². The summed E-state index contributed by atoms with van der Waals surface area (Å²) in [4.78, 5) is 29.6. The molecule has 3 saturated heterocycles. The fraction of sp³-hybridized carbons (Fsp3) is 0.600. The van der Waals surface area contributed by atoms with Crippen molar-refractivity contribution in [1.29, 1.82) is 0 Å². The first-order valence-electron chi connectivity index (χ1n) is 9.69. The fourth-order valence-corrected chi connectivity index (χ4v) is 4.56. The summed E-state index contributed by atoms with van der Waals surface area (Å²) in [5.41, 5.74) is -0.234. The van der Waals surface area contributed by atoms with E-state index in [1.807, 2.05) is 4.90 Å². The summed E-state index contributed by atoms with van der Waals surface area (Å²) in [5.74, 6) is -2.68. The Balaban J connectivity index is 1.57. The maximum absolute atomic E-state index is 13.6. The highest BCUT2D eigenvalue weighted by Crippen LogP contribution is 2.45. The Kier molecular flexibility index (Phi) is 5.33.